The molecule has 2 aromatic rings. The minimum Gasteiger partial charge on any atom is -0.497 e. The van der Waals surface area contributed by atoms with E-state index < -0.39 is 0 Å². The lowest BCUT2D eigenvalue weighted by Gasteiger charge is -2.10. The van der Waals surface area contributed by atoms with Gasteiger partial charge >= 0.3 is 0 Å². The summed E-state index contributed by atoms with van der Waals surface area (Å²) >= 11 is 3.43. The van der Waals surface area contributed by atoms with Gasteiger partial charge in [0.1, 0.15) is 11.5 Å². The normalized spacial score (nSPS) is 10.3. The third-order valence-electron chi connectivity index (χ3n) is 2.62. The predicted molar refractivity (Wildman–Crippen MR) is 75.7 cm³/mol. The summed E-state index contributed by atoms with van der Waals surface area (Å²) in [6.07, 6.45) is 1.60. The second kappa shape index (κ2) is 6.04. The molecule has 0 unspecified atom stereocenters. The van der Waals surface area contributed by atoms with Gasteiger partial charge in [-0.05, 0) is 52.7 Å². The van der Waals surface area contributed by atoms with Crippen LogP contribution in [0.25, 0.3) is 0 Å². The number of methoxy groups -OCH3 is 1. The van der Waals surface area contributed by atoms with Crippen molar-refractivity contribution in [1.82, 2.24) is 4.98 Å². The van der Waals surface area contributed by atoms with Crippen molar-refractivity contribution in [2.45, 2.75) is 13.5 Å². The zero-order valence-corrected chi connectivity index (χ0v) is 12.3. The van der Waals surface area contributed by atoms with E-state index in [1.54, 1.807) is 13.3 Å². The molecule has 2 rings (SSSR count). The van der Waals surface area contributed by atoms with Gasteiger partial charge in [0, 0.05) is 11.8 Å². The second-order valence-corrected chi connectivity index (χ2v) is 4.88. The van der Waals surface area contributed by atoms with E-state index in [9.17, 15) is 0 Å². The summed E-state index contributed by atoms with van der Waals surface area (Å²) < 4.78 is 11.7. The molecule has 0 amide bonds. The molecule has 0 saturated heterocycles. The fraction of sp³-hybridized carbons (Fsp3) is 0.214. The van der Waals surface area contributed by atoms with E-state index in [0.29, 0.717) is 11.6 Å². The summed E-state index contributed by atoms with van der Waals surface area (Å²) in [6.45, 7) is 1.86. The van der Waals surface area contributed by atoms with Crippen molar-refractivity contribution in [3.05, 3.63) is 46.1 Å². The number of aryl methyl sites for hydroxylation is 1. The van der Waals surface area contributed by atoms with Gasteiger partial charge in [-0.25, -0.2) is 4.98 Å². The SMILES string of the molecule is COc1ccc(Oc2ncc(CO)cc2C)c(Br)c1. The van der Waals surface area contributed by atoms with Crippen LogP contribution in [0.15, 0.2) is 34.9 Å². The number of ether oxygens (including phenoxy) is 2. The second-order valence-electron chi connectivity index (χ2n) is 4.02. The molecule has 19 heavy (non-hydrogen) atoms. The van der Waals surface area contributed by atoms with Gasteiger partial charge in [0.2, 0.25) is 5.88 Å². The summed E-state index contributed by atoms with van der Waals surface area (Å²) in [5, 5.41) is 9.04. The standard InChI is InChI=1S/C14H14BrNO3/c1-9-5-10(8-17)7-16-14(9)19-13-4-3-11(18-2)6-12(13)15/h3-7,17H,8H2,1-2H3. The maximum absolute atomic E-state index is 9.04. The molecule has 100 valence electrons. The Bertz CT molecular complexity index is 535. The summed E-state index contributed by atoms with van der Waals surface area (Å²) in [7, 11) is 1.61. The molecule has 4 nitrogen and oxygen atoms in total. The van der Waals surface area contributed by atoms with Crippen molar-refractivity contribution < 1.29 is 14.6 Å². The molecular weight excluding hydrogens is 310 g/mol. The molecule has 0 aliphatic carbocycles. The average Bonchev–Trinajstić information content (AvgIpc) is 2.42. The highest BCUT2D eigenvalue weighted by Gasteiger charge is 2.08. The Balaban J connectivity index is 2.26. The summed E-state index contributed by atoms with van der Waals surface area (Å²) in [4.78, 5) is 4.19. The van der Waals surface area contributed by atoms with Crippen LogP contribution in [0.2, 0.25) is 0 Å². The van der Waals surface area contributed by atoms with E-state index in [-0.39, 0.29) is 6.61 Å². The van der Waals surface area contributed by atoms with Gasteiger partial charge in [0.25, 0.3) is 0 Å². The van der Waals surface area contributed by atoms with Crippen LogP contribution in [0.1, 0.15) is 11.1 Å². The van der Waals surface area contributed by atoms with Crippen molar-refractivity contribution >= 4 is 15.9 Å². The monoisotopic (exact) mass is 323 g/mol. The lowest BCUT2D eigenvalue weighted by Crippen LogP contribution is -1.95. The maximum atomic E-state index is 9.04. The first-order valence-corrected chi connectivity index (χ1v) is 6.51. The van der Waals surface area contributed by atoms with E-state index in [4.69, 9.17) is 14.6 Å². The van der Waals surface area contributed by atoms with Crippen molar-refractivity contribution in [1.29, 1.82) is 0 Å². The number of benzene rings is 1. The first kappa shape index (κ1) is 13.8. The number of pyridine rings is 1. The van der Waals surface area contributed by atoms with Crippen LogP contribution >= 0.6 is 15.9 Å². The molecule has 0 bridgehead atoms. The molecule has 0 fully saturated rings. The average molecular weight is 324 g/mol. The largest absolute Gasteiger partial charge is 0.497 e. The molecule has 0 radical (unpaired) electrons. The summed E-state index contributed by atoms with van der Waals surface area (Å²) in [5.41, 5.74) is 1.63. The molecule has 0 aliphatic heterocycles. The van der Waals surface area contributed by atoms with Crippen LogP contribution in [0.3, 0.4) is 0 Å². The number of nitrogens with zero attached hydrogens (tertiary/aromatic N) is 1. The fourth-order valence-electron chi connectivity index (χ4n) is 1.61. The van der Waals surface area contributed by atoms with Crippen LogP contribution in [0.4, 0.5) is 0 Å². The Labute approximate surface area is 120 Å². The van der Waals surface area contributed by atoms with Gasteiger partial charge in [0.15, 0.2) is 0 Å². The highest BCUT2D eigenvalue weighted by atomic mass is 79.9. The van der Waals surface area contributed by atoms with Crippen molar-refractivity contribution in [3.8, 4) is 17.4 Å². The number of aliphatic hydroxyl groups excluding tert-OH is 1. The number of aromatic nitrogens is 1. The molecule has 1 heterocycles. The third kappa shape index (κ3) is 3.24. The molecule has 5 heteroatoms. The highest BCUT2D eigenvalue weighted by Crippen LogP contribution is 2.33. The quantitative estimate of drug-likeness (QED) is 0.936. The topological polar surface area (TPSA) is 51.6 Å². The zero-order chi connectivity index (χ0) is 13.8. The van der Waals surface area contributed by atoms with Gasteiger partial charge in [0.05, 0.1) is 18.2 Å². The van der Waals surface area contributed by atoms with Crippen LogP contribution in [0, 0.1) is 6.92 Å². The molecule has 1 aromatic heterocycles. The Morgan fingerprint density at radius 1 is 1.32 bits per heavy atom. The number of hydrogen-bond acceptors (Lipinski definition) is 4. The lowest BCUT2D eigenvalue weighted by molar-refractivity contribution is 0.281. The zero-order valence-electron chi connectivity index (χ0n) is 10.7. The molecule has 1 aromatic carbocycles. The predicted octanol–water partition coefficient (Wildman–Crippen LogP) is 3.45. The van der Waals surface area contributed by atoms with Gasteiger partial charge in [-0.2, -0.15) is 0 Å². The molecule has 0 aliphatic rings. The van der Waals surface area contributed by atoms with Crippen molar-refractivity contribution in [2.75, 3.05) is 7.11 Å². The first-order valence-electron chi connectivity index (χ1n) is 5.72. The smallest absolute Gasteiger partial charge is 0.222 e. The molecule has 0 atom stereocenters. The Morgan fingerprint density at radius 3 is 2.68 bits per heavy atom. The van der Waals surface area contributed by atoms with Crippen molar-refractivity contribution in [3.63, 3.8) is 0 Å². The number of halogens is 1. The van der Waals surface area contributed by atoms with E-state index in [1.807, 2.05) is 31.2 Å². The number of hydrogen-bond donors (Lipinski definition) is 1. The Morgan fingerprint density at radius 2 is 2.11 bits per heavy atom. The lowest BCUT2D eigenvalue weighted by atomic mass is 10.2. The van der Waals surface area contributed by atoms with Crippen LogP contribution in [-0.2, 0) is 6.61 Å². The third-order valence-corrected chi connectivity index (χ3v) is 3.23. The highest BCUT2D eigenvalue weighted by molar-refractivity contribution is 9.10. The molecule has 1 N–H and O–H groups in total. The van der Waals surface area contributed by atoms with Crippen LogP contribution < -0.4 is 9.47 Å². The maximum Gasteiger partial charge on any atom is 0.222 e. The van der Waals surface area contributed by atoms with Crippen LogP contribution in [-0.4, -0.2) is 17.2 Å². The van der Waals surface area contributed by atoms with E-state index in [1.165, 1.54) is 0 Å². The molecule has 0 saturated carbocycles. The Hall–Kier alpha value is -1.59. The van der Waals surface area contributed by atoms with Gasteiger partial charge in [-0.1, -0.05) is 0 Å². The van der Waals surface area contributed by atoms with Crippen molar-refractivity contribution in [2.24, 2.45) is 0 Å². The molecule has 0 spiro atoms. The summed E-state index contributed by atoms with van der Waals surface area (Å²) in [6, 6.07) is 7.30. The number of rotatable bonds is 4. The molecular formula is C14H14BrNO3. The van der Waals surface area contributed by atoms with Gasteiger partial charge < -0.3 is 14.6 Å². The van der Waals surface area contributed by atoms with E-state index in [0.717, 1.165) is 21.3 Å². The van der Waals surface area contributed by atoms with E-state index in [2.05, 4.69) is 20.9 Å². The Kier molecular flexibility index (Phi) is 4.39. The number of aliphatic hydroxyl groups is 1. The van der Waals surface area contributed by atoms with Gasteiger partial charge in [-0.3, -0.25) is 0 Å². The fourth-order valence-corrected chi connectivity index (χ4v) is 2.05. The summed E-state index contributed by atoms with van der Waals surface area (Å²) in [5.74, 6) is 1.93. The van der Waals surface area contributed by atoms with Gasteiger partial charge in [-0.15, -0.1) is 0 Å². The first-order chi connectivity index (χ1) is 9.13. The minimum atomic E-state index is -0.0274. The van der Waals surface area contributed by atoms with E-state index >= 15 is 0 Å². The minimum absolute atomic E-state index is 0.0274. The van der Waals surface area contributed by atoms with Crippen LogP contribution in [0.5, 0.6) is 17.4 Å².